The van der Waals surface area contributed by atoms with Crippen LogP contribution in [0.25, 0.3) is 0 Å². The highest BCUT2D eigenvalue weighted by Gasteiger charge is 2.30. The van der Waals surface area contributed by atoms with E-state index in [2.05, 4.69) is 15.2 Å². The molecular formula is C22H21ClF3N5O4S3. The summed E-state index contributed by atoms with van der Waals surface area (Å²) in [7, 11) is -8.23. The number of primary sulfonamides is 1. The quantitative estimate of drug-likeness (QED) is 0.128. The maximum atomic E-state index is 13.1. The molecule has 3 aromatic rings. The van der Waals surface area contributed by atoms with Gasteiger partial charge in [-0.3, -0.25) is 10.9 Å². The van der Waals surface area contributed by atoms with Crippen molar-refractivity contribution in [2.45, 2.75) is 33.5 Å². The number of hydrogen-bond acceptors (Lipinski definition) is 6. The van der Waals surface area contributed by atoms with E-state index in [1.165, 1.54) is 48.5 Å². The van der Waals surface area contributed by atoms with Gasteiger partial charge >= 0.3 is 6.18 Å². The number of alkyl halides is 3. The van der Waals surface area contributed by atoms with Gasteiger partial charge in [-0.2, -0.15) is 21.6 Å². The van der Waals surface area contributed by atoms with Gasteiger partial charge in [-0.1, -0.05) is 23.7 Å². The number of hydrazine groups is 1. The van der Waals surface area contributed by atoms with Crippen LogP contribution in [0.4, 0.5) is 18.9 Å². The lowest BCUT2D eigenvalue weighted by Gasteiger charge is -2.13. The number of sulfonamides is 2. The number of guanidine groups is 1. The molecule has 0 fully saturated rings. The minimum absolute atomic E-state index is 0.119. The Hall–Kier alpha value is -2.98. The number of aryl methyl sites for hydroxylation is 1. The van der Waals surface area contributed by atoms with Gasteiger partial charge in [-0.15, -0.1) is 16.2 Å². The van der Waals surface area contributed by atoms with E-state index in [1.807, 2.05) is 0 Å². The van der Waals surface area contributed by atoms with Crippen molar-refractivity contribution >= 4 is 55.1 Å². The first kappa shape index (κ1) is 29.6. The van der Waals surface area contributed by atoms with Gasteiger partial charge in [0.25, 0.3) is 10.0 Å². The number of rotatable bonds is 8. The fourth-order valence-corrected chi connectivity index (χ4v) is 6.16. The van der Waals surface area contributed by atoms with Crippen LogP contribution in [0.2, 0.25) is 5.02 Å². The van der Waals surface area contributed by atoms with Gasteiger partial charge < -0.3 is 5.73 Å². The first-order chi connectivity index (χ1) is 17.6. The summed E-state index contributed by atoms with van der Waals surface area (Å²) >= 11 is 7.24. The average Bonchev–Trinajstić information content (AvgIpc) is 2.82. The van der Waals surface area contributed by atoms with Crippen LogP contribution in [0.15, 0.2) is 79.7 Å². The zero-order chi connectivity index (χ0) is 28.3. The number of thioether (sulfide) groups is 1. The van der Waals surface area contributed by atoms with Crippen LogP contribution in [0.5, 0.6) is 0 Å². The maximum Gasteiger partial charge on any atom is 0.416 e. The van der Waals surface area contributed by atoms with Gasteiger partial charge in [0, 0.05) is 15.7 Å². The number of nitrogens with two attached hydrogens (primary N) is 2. The molecule has 3 rings (SSSR count). The summed E-state index contributed by atoms with van der Waals surface area (Å²) in [4.78, 5) is -0.0890. The van der Waals surface area contributed by atoms with Crippen molar-refractivity contribution in [1.82, 2.24) is 5.43 Å². The number of hydrogen-bond donors (Lipinski definition) is 4. The molecule has 16 heteroatoms. The van der Waals surface area contributed by atoms with Crippen molar-refractivity contribution < 1.29 is 30.0 Å². The first-order valence-electron chi connectivity index (χ1n) is 10.4. The molecule has 0 atom stereocenters. The largest absolute Gasteiger partial charge is 0.416 e. The molecule has 6 N–H and O–H groups in total. The van der Waals surface area contributed by atoms with E-state index in [0.717, 1.165) is 23.9 Å². The lowest BCUT2D eigenvalue weighted by atomic mass is 10.1. The van der Waals surface area contributed by atoms with Crippen molar-refractivity contribution in [3.63, 3.8) is 0 Å². The van der Waals surface area contributed by atoms with Gasteiger partial charge in [0.15, 0.2) is 0 Å². The van der Waals surface area contributed by atoms with Crippen LogP contribution in [-0.2, 0) is 32.0 Å². The summed E-state index contributed by atoms with van der Waals surface area (Å²) in [6.07, 6.45) is -4.47. The zero-order valence-electron chi connectivity index (χ0n) is 19.5. The molecule has 0 spiro atoms. The lowest BCUT2D eigenvalue weighted by Crippen LogP contribution is -2.36. The van der Waals surface area contributed by atoms with Crippen molar-refractivity contribution in [3.05, 3.63) is 82.4 Å². The number of anilines is 1. The highest BCUT2D eigenvalue weighted by Crippen LogP contribution is 2.35. The predicted molar refractivity (Wildman–Crippen MR) is 141 cm³/mol. The van der Waals surface area contributed by atoms with Crippen LogP contribution in [0, 0.1) is 6.92 Å². The van der Waals surface area contributed by atoms with Crippen LogP contribution in [0.3, 0.4) is 0 Å². The number of benzene rings is 3. The molecule has 9 nitrogen and oxygen atoms in total. The Labute approximate surface area is 226 Å². The van der Waals surface area contributed by atoms with E-state index >= 15 is 0 Å². The van der Waals surface area contributed by atoms with E-state index in [1.54, 1.807) is 6.92 Å². The third kappa shape index (κ3) is 7.77. The molecule has 0 bridgehead atoms. The number of nitrogens with one attached hydrogen (secondary N) is 2. The minimum atomic E-state index is -4.47. The van der Waals surface area contributed by atoms with Gasteiger partial charge in [-0.05, 0) is 66.6 Å². The second-order valence-corrected chi connectivity index (χ2v) is 12.4. The fraction of sp³-hybridized carbons (Fsp3) is 0.136. The van der Waals surface area contributed by atoms with Gasteiger partial charge in [-0.25, -0.2) is 13.6 Å². The van der Waals surface area contributed by atoms with E-state index in [-0.39, 0.29) is 20.4 Å². The molecule has 0 aliphatic heterocycles. The Kier molecular flexibility index (Phi) is 8.88. The van der Waals surface area contributed by atoms with Gasteiger partial charge in [0.1, 0.15) is 4.90 Å². The van der Waals surface area contributed by atoms with Crippen LogP contribution < -0.4 is 21.7 Å². The zero-order valence-corrected chi connectivity index (χ0v) is 22.7. The maximum absolute atomic E-state index is 13.1. The SMILES string of the molecule is Cc1cc(S(=O)(=O)/N=C(/N)NNc2ccc(S(N)(=O)=O)cc2)c(SCc2ccc(C(F)(F)F)cc2)cc1Cl. The molecule has 0 unspecified atom stereocenters. The van der Waals surface area contributed by atoms with Gasteiger partial charge in [0.2, 0.25) is 16.0 Å². The summed E-state index contributed by atoms with van der Waals surface area (Å²) in [5.74, 6) is -0.361. The molecule has 0 aliphatic carbocycles. The standard InChI is InChI=1S/C22H21ClF3N5O4S3/c1-13-10-20(19(11-18(13)23)36-12-14-2-4-15(5-3-14)22(24,25)26)38(34,35)31-21(27)30-29-16-6-8-17(9-7-16)37(28,32)33/h2-11,29H,12H2,1H3,(H3,27,30,31)(H2,28,32,33). The summed E-state index contributed by atoms with van der Waals surface area (Å²) in [6.45, 7) is 1.60. The Morgan fingerprint density at radius 3 is 2.18 bits per heavy atom. The summed E-state index contributed by atoms with van der Waals surface area (Å²) in [6, 6.07) is 12.5. The van der Waals surface area contributed by atoms with E-state index in [4.69, 9.17) is 22.5 Å². The van der Waals surface area contributed by atoms with Crippen molar-refractivity contribution in [2.75, 3.05) is 5.43 Å². The molecule has 0 aromatic heterocycles. The van der Waals surface area contributed by atoms with Gasteiger partial charge in [0.05, 0.1) is 16.1 Å². The average molecular weight is 608 g/mol. The molecule has 0 amide bonds. The van der Waals surface area contributed by atoms with Crippen LogP contribution >= 0.6 is 23.4 Å². The van der Waals surface area contributed by atoms with Crippen molar-refractivity contribution in [3.8, 4) is 0 Å². The van der Waals surface area contributed by atoms with Crippen molar-refractivity contribution in [1.29, 1.82) is 0 Å². The number of halogens is 4. The smallest absolute Gasteiger partial charge is 0.368 e. The van der Waals surface area contributed by atoms with Crippen molar-refractivity contribution in [2.24, 2.45) is 15.3 Å². The Morgan fingerprint density at radius 2 is 1.63 bits per heavy atom. The topological polar surface area (TPSA) is 157 Å². The summed E-state index contributed by atoms with van der Waals surface area (Å²) < 4.78 is 90.8. The molecule has 0 aliphatic rings. The third-order valence-electron chi connectivity index (χ3n) is 4.91. The molecular weight excluding hydrogens is 587 g/mol. The van der Waals surface area contributed by atoms with E-state index < -0.39 is 37.7 Å². The second kappa shape index (κ2) is 11.4. The predicted octanol–water partition coefficient (Wildman–Crippen LogP) is 4.23. The monoisotopic (exact) mass is 607 g/mol. The van der Waals surface area contributed by atoms with E-state index in [9.17, 15) is 30.0 Å². The molecule has 38 heavy (non-hydrogen) atoms. The third-order valence-corrected chi connectivity index (χ3v) is 8.84. The normalized spacial score (nSPS) is 12.8. The molecule has 0 heterocycles. The summed E-state index contributed by atoms with van der Waals surface area (Å²) in [5, 5.41) is 5.33. The molecule has 204 valence electrons. The second-order valence-electron chi connectivity index (χ2n) is 7.80. The van der Waals surface area contributed by atoms with Crippen LogP contribution in [0.1, 0.15) is 16.7 Å². The Morgan fingerprint density at radius 1 is 1.03 bits per heavy atom. The summed E-state index contributed by atoms with van der Waals surface area (Å²) in [5.41, 5.74) is 11.2. The molecule has 0 saturated carbocycles. The van der Waals surface area contributed by atoms with E-state index in [0.29, 0.717) is 21.8 Å². The molecule has 0 radical (unpaired) electrons. The minimum Gasteiger partial charge on any atom is -0.368 e. The number of nitrogens with zero attached hydrogens (tertiary/aromatic N) is 1. The lowest BCUT2D eigenvalue weighted by molar-refractivity contribution is -0.137. The fourth-order valence-electron chi connectivity index (χ4n) is 2.97. The Balaban J connectivity index is 1.78. The highest BCUT2D eigenvalue weighted by molar-refractivity contribution is 7.99. The highest BCUT2D eigenvalue weighted by atomic mass is 35.5. The first-order valence-corrected chi connectivity index (χ1v) is 14.8. The van der Waals surface area contributed by atoms with Crippen LogP contribution in [-0.4, -0.2) is 22.8 Å². The molecule has 0 saturated heterocycles. The molecule has 3 aromatic carbocycles. The Bertz CT molecular complexity index is 1560.